The van der Waals surface area contributed by atoms with Crippen LogP contribution in [-0.4, -0.2) is 13.0 Å². The summed E-state index contributed by atoms with van der Waals surface area (Å²) in [5.74, 6) is 0.770. The molecule has 0 radical (unpaired) electrons. The van der Waals surface area contributed by atoms with E-state index in [0.717, 1.165) is 17.0 Å². The van der Waals surface area contributed by atoms with Crippen LogP contribution < -0.4 is 9.64 Å². The zero-order chi connectivity index (χ0) is 16.9. The molecule has 3 rings (SSSR count). The Kier molecular flexibility index (Phi) is 4.88. The van der Waals surface area contributed by atoms with Crippen molar-refractivity contribution in [1.29, 1.82) is 5.26 Å². The Balaban J connectivity index is 1.90. The third-order valence-electron chi connectivity index (χ3n) is 3.78. The largest absolute Gasteiger partial charge is 0.497 e. The average Bonchev–Trinajstić information content (AvgIpc) is 2.62. The molecule has 1 aliphatic rings. The van der Waals surface area contributed by atoms with Gasteiger partial charge in [0.2, 0.25) is 5.91 Å². The van der Waals surface area contributed by atoms with E-state index in [9.17, 15) is 4.79 Å². The van der Waals surface area contributed by atoms with E-state index in [1.807, 2.05) is 54.6 Å². The van der Waals surface area contributed by atoms with Crippen LogP contribution in [0.15, 0.2) is 65.7 Å². The van der Waals surface area contributed by atoms with Crippen molar-refractivity contribution in [2.45, 2.75) is 11.7 Å². The van der Waals surface area contributed by atoms with E-state index in [0.29, 0.717) is 11.4 Å². The Morgan fingerprint density at radius 2 is 1.92 bits per heavy atom. The predicted octanol–water partition coefficient (Wildman–Crippen LogP) is 4.27. The molecule has 5 heteroatoms. The number of nitrogens with zero attached hydrogens (tertiary/aromatic N) is 2. The highest BCUT2D eigenvalue weighted by atomic mass is 32.2. The number of nitriles is 1. The number of amides is 1. The molecule has 1 unspecified atom stereocenters. The normalized spacial score (nSPS) is 19.2. The maximum absolute atomic E-state index is 12.7. The second kappa shape index (κ2) is 7.24. The molecule has 1 saturated heterocycles. The molecule has 0 aromatic heterocycles. The second-order valence-electron chi connectivity index (χ2n) is 5.26. The van der Waals surface area contributed by atoms with Crippen molar-refractivity contribution in [3.8, 4) is 11.8 Å². The average molecular weight is 336 g/mol. The molecule has 2 aromatic carbocycles. The number of benzene rings is 2. The fourth-order valence-electron chi connectivity index (χ4n) is 2.62. The first-order chi connectivity index (χ1) is 11.7. The first-order valence-corrected chi connectivity index (χ1v) is 8.39. The van der Waals surface area contributed by atoms with Crippen LogP contribution in [0.5, 0.6) is 5.75 Å². The van der Waals surface area contributed by atoms with Crippen LogP contribution in [0.3, 0.4) is 0 Å². The smallest absolute Gasteiger partial charge is 0.233 e. The Labute approximate surface area is 145 Å². The zero-order valence-corrected chi connectivity index (χ0v) is 14.0. The molecule has 1 fully saturated rings. The molecule has 2 aromatic rings. The summed E-state index contributed by atoms with van der Waals surface area (Å²) < 4.78 is 5.18. The van der Waals surface area contributed by atoms with Crippen LogP contribution in [0.4, 0.5) is 5.69 Å². The standard InChI is InChI=1S/C19H16N2O2S/c1-23-16-9-7-14(8-10-16)17-13-18(22)21(19(24-17)11-12-20)15-5-3-2-4-6-15/h2-11,17H,13H2,1H3/b19-11+. The molecule has 24 heavy (non-hydrogen) atoms. The predicted molar refractivity (Wildman–Crippen MR) is 95.6 cm³/mol. The van der Waals surface area contributed by atoms with Gasteiger partial charge in [0.15, 0.2) is 0 Å². The fraction of sp³-hybridized carbons (Fsp3) is 0.158. The number of hydrogen-bond donors (Lipinski definition) is 0. The van der Waals surface area contributed by atoms with E-state index in [-0.39, 0.29) is 11.2 Å². The summed E-state index contributed by atoms with van der Waals surface area (Å²) in [4.78, 5) is 14.3. The Morgan fingerprint density at radius 3 is 2.54 bits per heavy atom. The highest BCUT2D eigenvalue weighted by Crippen LogP contribution is 2.45. The minimum atomic E-state index is -0.0118. The van der Waals surface area contributed by atoms with E-state index < -0.39 is 0 Å². The Morgan fingerprint density at radius 1 is 1.21 bits per heavy atom. The first kappa shape index (κ1) is 16.2. The third kappa shape index (κ3) is 3.29. The number of allylic oxidation sites excluding steroid dienone is 1. The van der Waals surface area contributed by atoms with Crippen LogP contribution in [-0.2, 0) is 4.79 Å². The van der Waals surface area contributed by atoms with E-state index in [1.54, 1.807) is 12.0 Å². The topological polar surface area (TPSA) is 53.3 Å². The van der Waals surface area contributed by atoms with E-state index >= 15 is 0 Å². The highest BCUT2D eigenvalue weighted by Gasteiger charge is 2.32. The minimum absolute atomic E-state index is 0.0111. The van der Waals surface area contributed by atoms with Gasteiger partial charge in [0, 0.05) is 23.4 Å². The molecule has 1 atom stereocenters. The number of anilines is 1. The third-order valence-corrected chi connectivity index (χ3v) is 5.05. The number of para-hydroxylation sites is 1. The molecule has 0 aliphatic carbocycles. The van der Waals surface area contributed by atoms with Crippen LogP contribution in [0.25, 0.3) is 0 Å². The lowest BCUT2D eigenvalue weighted by Crippen LogP contribution is -2.34. The van der Waals surface area contributed by atoms with E-state index in [4.69, 9.17) is 10.00 Å². The van der Waals surface area contributed by atoms with Crippen molar-refractivity contribution in [2.75, 3.05) is 12.0 Å². The molecule has 0 spiro atoms. The van der Waals surface area contributed by atoms with Crippen molar-refractivity contribution in [3.63, 3.8) is 0 Å². The van der Waals surface area contributed by atoms with Gasteiger partial charge in [-0.1, -0.05) is 42.1 Å². The molecule has 0 saturated carbocycles. The molecule has 0 bridgehead atoms. The van der Waals surface area contributed by atoms with Gasteiger partial charge in [-0.3, -0.25) is 9.69 Å². The van der Waals surface area contributed by atoms with Gasteiger partial charge in [-0.15, -0.1) is 0 Å². The fourth-order valence-corrected chi connectivity index (χ4v) is 3.86. The van der Waals surface area contributed by atoms with Crippen LogP contribution in [0.2, 0.25) is 0 Å². The highest BCUT2D eigenvalue weighted by molar-refractivity contribution is 8.03. The number of rotatable bonds is 3. The van der Waals surface area contributed by atoms with E-state index in [1.165, 1.54) is 17.8 Å². The summed E-state index contributed by atoms with van der Waals surface area (Å²) in [6, 6.07) is 19.2. The quantitative estimate of drug-likeness (QED) is 0.785. The lowest BCUT2D eigenvalue weighted by molar-refractivity contribution is -0.118. The van der Waals surface area contributed by atoms with Gasteiger partial charge in [0.25, 0.3) is 0 Å². The molecule has 1 aliphatic heterocycles. The van der Waals surface area contributed by atoms with Gasteiger partial charge in [0.1, 0.15) is 5.75 Å². The molecular formula is C19H16N2O2S. The summed E-state index contributed by atoms with van der Waals surface area (Å²) >= 11 is 1.53. The van der Waals surface area contributed by atoms with Crippen LogP contribution in [0, 0.1) is 11.3 Å². The molecule has 1 amide bonds. The van der Waals surface area contributed by atoms with Gasteiger partial charge >= 0.3 is 0 Å². The molecular weight excluding hydrogens is 320 g/mol. The van der Waals surface area contributed by atoms with Gasteiger partial charge in [-0.05, 0) is 29.8 Å². The Hall–Kier alpha value is -2.71. The number of ether oxygens (including phenoxy) is 1. The van der Waals surface area contributed by atoms with Gasteiger partial charge in [-0.25, -0.2) is 0 Å². The maximum Gasteiger partial charge on any atom is 0.233 e. The van der Waals surface area contributed by atoms with Crippen molar-refractivity contribution in [3.05, 3.63) is 71.3 Å². The minimum Gasteiger partial charge on any atom is -0.497 e. The lowest BCUT2D eigenvalue weighted by atomic mass is 10.1. The lowest BCUT2D eigenvalue weighted by Gasteiger charge is -2.33. The maximum atomic E-state index is 12.7. The number of thioether (sulfide) groups is 1. The van der Waals surface area contributed by atoms with Crippen LogP contribution >= 0.6 is 11.8 Å². The summed E-state index contributed by atoms with van der Waals surface area (Å²) in [5, 5.41) is 9.74. The number of methoxy groups -OCH3 is 1. The number of hydrogen-bond acceptors (Lipinski definition) is 4. The molecule has 120 valence electrons. The van der Waals surface area contributed by atoms with Gasteiger partial charge < -0.3 is 4.74 Å². The monoisotopic (exact) mass is 336 g/mol. The second-order valence-corrected chi connectivity index (χ2v) is 6.48. The molecule has 0 N–H and O–H groups in total. The van der Waals surface area contributed by atoms with Crippen molar-refractivity contribution in [1.82, 2.24) is 0 Å². The zero-order valence-electron chi connectivity index (χ0n) is 13.2. The van der Waals surface area contributed by atoms with E-state index in [2.05, 4.69) is 6.07 Å². The molecule has 4 nitrogen and oxygen atoms in total. The number of carbonyl (C=O) groups is 1. The van der Waals surface area contributed by atoms with Crippen molar-refractivity contribution in [2.24, 2.45) is 0 Å². The van der Waals surface area contributed by atoms with Crippen molar-refractivity contribution < 1.29 is 9.53 Å². The summed E-state index contributed by atoms with van der Waals surface area (Å²) in [6.45, 7) is 0. The number of carbonyl (C=O) groups excluding carboxylic acids is 1. The summed E-state index contributed by atoms with van der Waals surface area (Å²) in [6.07, 6.45) is 1.82. The molecule has 1 heterocycles. The van der Waals surface area contributed by atoms with Crippen LogP contribution in [0.1, 0.15) is 17.2 Å². The van der Waals surface area contributed by atoms with Gasteiger partial charge in [-0.2, -0.15) is 5.26 Å². The summed E-state index contributed by atoms with van der Waals surface area (Å²) in [5.41, 5.74) is 1.83. The SMILES string of the molecule is COc1ccc(C2CC(=O)N(c3ccccc3)/C(=C\C#N)S2)cc1. The van der Waals surface area contributed by atoms with Gasteiger partial charge in [0.05, 0.1) is 18.2 Å². The Bertz CT molecular complexity index is 794. The van der Waals surface area contributed by atoms with Crippen molar-refractivity contribution >= 4 is 23.4 Å². The first-order valence-electron chi connectivity index (χ1n) is 7.51. The summed E-state index contributed by atoms with van der Waals surface area (Å²) in [7, 11) is 1.62.